The van der Waals surface area contributed by atoms with Gasteiger partial charge in [-0.25, -0.2) is 17.9 Å². The third-order valence-electron chi connectivity index (χ3n) is 3.24. The fourth-order valence-corrected chi connectivity index (χ4v) is 3.67. The fraction of sp³-hybridized carbons (Fsp3) is 0.583. The summed E-state index contributed by atoms with van der Waals surface area (Å²) in [7, 11) is -3.83. The topological polar surface area (TPSA) is 106 Å². The zero-order chi connectivity index (χ0) is 14.9. The van der Waals surface area contributed by atoms with E-state index in [0.717, 1.165) is 18.9 Å². The average molecular weight is 303 g/mol. The van der Waals surface area contributed by atoms with Crippen molar-refractivity contribution >= 4 is 16.0 Å². The third kappa shape index (κ3) is 3.02. The van der Waals surface area contributed by atoms with Crippen LogP contribution in [0.4, 0.5) is 0 Å². The van der Waals surface area contributed by atoms with E-state index >= 15 is 0 Å². The molecule has 2 unspecified atom stereocenters. The van der Waals surface area contributed by atoms with E-state index in [-0.39, 0.29) is 22.8 Å². The van der Waals surface area contributed by atoms with Gasteiger partial charge in [0.15, 0.2) is 0 Å². The second kappa shape index (κ2) is 5.55. The molecule has 112 valence electrons. The molecule has 2 N–H and O–H groups in total. The number of nitrogens with one attached hydrogen (secondary N) is 1. The minimum absolute atomic E-state index is 0.0504. The first kappa shape index (κ1) is 15.0. The first-order valence-electron chi connectivity index (χ1n) is 6.29. The van der Waals surface area contributed by atoms with E-state index < -0.39 is 21.8 Å². The van der Waals surface area contributed by atoms with E-state index in [1.54, 1.807) is 6.92 Å². The fourth-order valence-electron chi connectivity index (χ4n) is 2.22. The van der Waals surface area contributed by atoms with Crippen LogP contribution in [0.2, 0.25) is 0 Å². The summed E-state index contributed by atoms with van der Waals surface area (Å²) in [5, 5.41) is 8.81. The van der Waals surface area contributed by atoms with E-state index in [9.17, 15) is 13.2 Å². The highest BCUT2D eigenvalue weighted by atomic mass is 32.2. The summed E-state index contributed by atoms with van der Waals surface area (Å²) < 4.78 is 37.3. The second-order valence-electron chi connectivity index (χ2n) is 4.80. The van der Waals surface area contributed by atoms with Gasteiger partial charge in [-0.3, -0.25) is 0 Å². The van der Waals surface area contributed by atoms with Crippen molar-refractivity contribution in [2.75, 3.05) is 6.61 Å². The Hall–Kier alpha value is -1.38. The Balaban J connectivity index is 2.19. The van der Waals surface area contributed by atoms with Crippen molar-refractivity contribution in [3.8, 4) is 0 Å². The van der Waals surface area contributed by atoms with Crippen molar-refractivity contribution < 1.29 is 27.5 Å². The summed E-state index contributed by atoms with van der Waals surface area (Å²) in [6, 6.07) is 0.632. The van der Waals surface area contributed by atoms with Gasteiger partial charge in [-0.1, -0.05) is 0 Å². The van der Waals surface area contributed by atoms with Crippen molar-refractivity contribution in [2.24, 2.45) is 0 Å². The lowest BCUT2D eigenvalue weighted by Gasteiger charge is -2.19. The number of ether oxygens (including phenoxy) is 1. The Morgan fingerprint density at radius 3 is 2.75 bits per heavy atom. The Labute approximate surface area is 117 Å². The average Bonchev–Trinajstić information content (AvgIpc) is 2.96. The van der Waals surface area contributed by atoms with Gasteiger partial charge in [0.1, 0.15) is 10.7 Å². The third-order valence-corrected chi connectivity index (χ3v) is 4.90. The van der Waals surface area contributed by atoms with Gasteiger partial charge in [-0.2, -0.15) is 0 Å². The molecule has 2 atom stereocenters. The number of carboxylic acid groups (broad SMARTS) is 1. The van der Waals surface area contributed by atoms with Crippen LogP contribution in [0.25, 0.3) is 0 Å². The SMILES string of the molecule is Cc1oc(C(=O)O)cc1S(=O)(=O)NC(C)C1CCCO1. The molecule has 0 radical (unpaired) electrons. The normalized spacial score (nSPS) is 21.0. The summed E-state index contributed by atoms with van der Waals surface area (Å²) in [6.45, 7) is 3.77. The molecule has 0 saturated carbocycles. The molecule has 1 saturated heterocycles. The molecule has 0 bridgehead atoms. The maximum absolute atomic E-state index is 12.2. The minimum Gasteiger partial charge on any atom is -0.475 e. The molecule has 0 amide bonds. The molecule has 1 aromatic heterocycles. The molecule has 2 rings (SSSR count). The number of carbonyl (C=O) groups is 1. The molecule has 1 fully saturated rings. The van der Waals surface area contributed by atoms with Crippen LogP contribution in [-0.2, 0) is 14.8 Å². The molecule has 0 spiro atoms. The lowest BCUT2D eigenvalue weighted by molar-refractivity contribution is 0.0661. The highest BCUT2D eigenvalue weighted by Crippen LogP contribution is 2.22. The van der Waals surface area contributed by atoms with Crippen molar-refractivity contribution in [3.05, 3.63) is 17.6 Å². The van der Waals surface area contributed by atoms with Crippen LogP contribution in [0.5, 0.6) is 0 Å². The molecule has 2 heterocycles. The van der Waals surface area contributed by atoms with Crippen LogP contribution >= 0.6 is 0 Å². The molecule has 0 aliphatic carbocycles. The van der Waals surface area contributed by atoms with Crippen LogP contribution in [0.15, 0.2) is 15.4 Å². The zero-order valence-electron chi connectivity index (χ0n) is 11.3. The Kier molecular flexibility index (Phi) is 4.17. The Morgan fingerprint density at radius 2 is 2.25 bits per heavy atom. The Morgan fingerprint density at radius 1 is 1.55 bits per heavy atom. The maximum atomic E-state index is 12.2. The van der Waals surface area contributed by atoms with E-state index in [1.165, 1.54) is 6.92 Å². The van der Waals surface area contributed by atoms with Gasteiger partial charge in [0.2, 0.25) is 15.8 Å². The van der Waals surface area contributed by atoms with Crippen LogP contribution in [0.3, 0.4) is 0 Å². The monoisotopic (exact) mass is 303 g/mol. The smallest absolute Gasteiger partial charge is 0.371 e. The van der Waals surface area contributed by atoms with Gasteiger partial charge in [0.05, 0.1) is 6.10 Å². The van der Waals surface area contributed by atoms with Crippen LogP contribution in [0, 0.1) is 6.92 Å². The van der Waals surface area contributed by atoms with E-state index in [1.807, 2.05) is 0 Å². The molecule has 7 nitrogen and oxygen atoms in total. The minimum atomic E-state index is -3.83. The second-order valence-corrected chi connectivity index (χ2v) is 6.48. The van der Waals surface area contributed by atoms with Crippen molar-refractivity contribution in [1.29, 1.82) is 0 Å². The van der Waals surface area contributed by atoms with Gasteiger partial charge < -0.3 is 14.3 Å². The molecule has 1 aliphatic heterocycles. The molecule has 0 aromatic carbocycles. The molecular weight excluding hydrogens is 286 g/mol. The lowest BCUT2D eigenvalue weighted by Crippen LogP contribution is -2.40. The molecular formula is C12H17NO6S. The first-order chi connectivity index (χ1) is 9.31. The number of furan rings is 1. The summed E-state index contributed by atoms with van der Waals surface area (Å²) in [5.41, 5.74) is 0. The summed E-state index contributed by atoms with van der Waals surface area (Å²) in [6.07, 6.45) is 1.55. The molecule has 8 heteroatoms. The predicted octanol–water partition coefficient (Wildman–Crippen LogP) is 1.13. The summed E-state index contributed by atoms with van der Waals surface area (Å²) >= 11 is 0. The maximum Gasteiger partial charge on any atom is 0.371 e. The number of hydrogen-bond donors (Lipinski definition) is 2. The van der Waals surface area contributed by atoms with Gasteiger partial charge in [0, 0.05) is 18.7 Å². The highest BCUT2D eigenvalue weighted by molar-refractivity contribution is 7.89. The Bertz CT molecular complexity index is 599. The zero-order valence-corrected chi connectivity index (χ0v) is 12.1. The van der Waals surface area contributed by atoms with Gasteiger partial charge >= 0.3 is 5.97 Å². The quantitative estimate of drug-likeness (QED) is 0.844. The lowest BCUT2D eigenvalue weighted by atomic mass is 10.1. The van der Waals surface area contributed by atoms with Gasteiger partial charge in [-0.15, -0.1) is 0 Å². The number of hydrogen-bond acceptors (Lipinski definition) is 5. The molecule has 20 heavy (non-hydrogen) atoms. The van der Waals surface area contributed by atoms with Gasteiger partial charge in [-0.05, 0) is 26.7 Å². The summed E-state index contributed by atoms with van der Waals surface area (Å²) in [5.74, 6) is -1.65. The van der Waals surface area contributed by atoms with Crippen molar-refractivity contribution in [3.63, 3.8) is 0 Å². The van der Waals surface area contributed by atoms with Crippen molar-refractivity contribution in [2.45, 2.75) is 43.7 Å². The highest BCUT2D eigenvalue weighted by Gasteiger charge is 2.29. The van der Waals surface area contributed by atoms with E-state index in [0.29, 0.717) is 6.61 Å². The number of aryl methyl sites for hydroxylation is 1. The predicted molar refractivity (Wildman–Crippen MR) is 69.2 cm³/mol. The van der Waals surface area contributed by atoms with Crippen LogP contribution in [0.1, 0.15) is 36.1 Å². The first-order valence-corrected chi connectivity index (χ1v) is 7.77. The number of rotatable bonds is 5. The van der Waals surface area contributed by atoms with Gasteiger partial charge in [0.25, 0.3) is 0 Å². The van der Waals surface area contributed by atoms with Crippen LogP contribution < -0.4 is 4.72 Å². The number of sulfonamides is 1. The number of carboxylic acids is 1. The van der Waals surface area contributed by atoms with Crippen LogP contribution in [-0.4, -0.2) is 38.2 Å². The largest absolute Gasteiger partial charge is 0.475 e. The summed E-state index contributed by atoms with van der Waals surface area (Å²) in [4.78, 5) is 10.6. The van der Waals surface area contributed by atoms with E-state index in [4.69, 9.17) is 14.3 Å². The molecule has 1 aliphatic rings. The number of aromatic carboxylic acids is 1. The van der Waals surface area contributed by atoms with Crippen molar-refractivity contribution in [1.82, 2.24) is 4.72 Å². The molecule has 1 aromatic rings. The van der Waals surface area contributed by atoms with E-state index in [2.05, 4.69) is 4.72 Å². The standard InChI is InChI=1S/C12H17NO6S/c1-7(9-4-3-5-18-9)13-20(16,17)11-6-10(12(14)15)19-8(11)2/h6-7,9,13H,3-5H2,1-2H3,(H,14,15).